The zero-order valence-electron chi connectivity index (χ0n) is 8.27. The zero-order chi connectivity index (χ0) is 9.97. The molecule has 0 N–H and O–H groups in total. The van der Waals surface area contributed by atoms with Gasteiger partial charge < -0.3 is 4.74 Å². The number of benzene rings is 1. The fourth-order valence-electron chi connectivity index (χ4n) is 1.67. The molecule has 0 amide bonds. The number of rotatable bonds is 4. The Balaban J connectivity index is 1.77. The van der Waals surface area contributed by atoms with Gasteiger partial charge in [0.15, 0.2) is 5.78 Å². The average Bonchev–Trinajstić information content (AvgIpc) is 2.96. The molecule has 1 aromatic carbocycles. The van der Waals surface area contributed by atoms with Crippen LogP contribution >= 0.6 is 0 Å². The Kier molecular flexibility index (Phi) is 2.64. The van der Waals surface area contributed by atoms with Gasteiger partial charge in [-0.1, -0.05) is 30.3 Å². The SMILES string of the molecule is CC(=O)C1OC1CCc1ccccc1. The van der Waals surface area contributed by atoms with Crippen LogP contribution in [-0.4, -0.2) is 18.0 Å². The first-order valence-corrected chi connectivity index (χ1v) is 4.97. The first kappa shape index (κ1) is 9.41. The third-order valence-corrected chi connectivity index (χ3v) is 2.54. The van der Waals surface area contributed by atoms with Crippen molar-refractivity contribution < 1.29 is 9.53 Å². The van der Waals surface area contributed by atoms with E-state index in [0.29, 0.717) is 0 Å². The molecule has 0 bridgehead atoms. The van der Waals surface area contributed by atoms with Crippen molar-refractivity contribution in [1.29, 1.82) is 0 Å². The number of ether oxygens (including phenoxy) is 1. The Morgan fingerprint density at radius 2 is 2.07 bits per heavy atom. The van der Waals surface area contributed by atoms with Crippen LogP contribution in [-0.2, 0) is 16.0 Å². The molecular weight excluding hydrogens is 176 g/mol. The van der Waals surface area contributed by atoms with E-state index in [-0.39, 0.29) is 18.0 Å². The van der Waals surface area contributed by atoms with E-state index in [0.717, 1.165) is 12.8 Å². The van der Waals surface area contributed by atoms with Gasteiger partial charge in [0.25, 0.3) is 0 Å². The van der Waals surface area contributed by atoms with Crippen molar-refractivity contribution in [2.75, 3.05) is 0 Å². The zero-order valence-corrected chi connectivity index (χ0v) is 8.27. The van der Waals surface area contributed by atoms with E-state index in [9.17, 15) is 4.79 Å². The number of hydrogen-bond donors (Lipinski definition) is 0. The van der Waals surface area contributed by atoms with Crippen LogP contribution in [0.1, 0.15) is 18.9 Å². The van der Waals surface area contributed by atoms with E-state index >= 15 is 0 Å². The standard InChI is InChI=1S/C12H14O2/c1-9(13)12-11(14-12)8-7-10-5-3-2-4-6-10/h2-6,11-12H,7-8H2,1H3. The van der Waals surface area contributed by atoms with Crippen molar-refractivity contribution >= 4 is 5.78 Å². The molecule has 1 heterocycles. The highest BCUT2D eigenvalue weighted by Gasteiger charge is 2.41. The lowest BCUT2D eigenvalue weighted by atomic mass is 10.1. The molecule has 1 fully saturated rings. The van der Waals surface area contributed by atoms with Gasteiger partial charge in [-0.15, -0.1) is 0 Å². The average molecular weight is 190 g/mol. The fraction of sp³-hybridized carbons (Fsp3) is 0.417. The second kappa shape index (κ2) is 3.93. The number of aryl methyl sites for hydroxylation is 1. The van der Waals surface area contributed by atoms with Crippen molar-refractivity contribution in [3.8, 4) is 0 Å². The monoisotopic (exact) mass is 190 g/mol. The molecular formula is C12H14O2. The lowest BCUT2D eigenvalue weighted by Gasteiger charge is -1.97. The Morgan fingerprint density at radius 3 is 2.64 bits per heavy atom. The molecule has 2 rings (SSSR count). The van der Waals surface area contributed by atoms with Gasteiger partial charge in [-0.3, -0.25) is 4.79 Å². The molecule has 1 aliphatic heterocycles. The van der Waals surface area contributed by atoms with Gasteiger partial charge in [0.2, 0.25) is 0 Å². The van der Waals surface area contributed by atoms with Crippen molar-refractivity contribution in [3.63, 3.8) is 0 Å². The molecule has 0 spiro atoms. The maximum Gasteiger partial charge on any atom is 0.161 e. The lowest BCUT2D eigenvalue weighted by molar-refractivity contribution is -0.118. The predicted molar refractivity (Wildman–Crippen MR) is 54.1 cm³/mol. The van der Waals surface area contributed by atoms with Crippen LogP contribution in [0.15, 0.2) is 30.3 Å². The van der Waals surface area contributed by atoms with Crippen LogP contribution in [0.3, 0.4) is 0 Å². The largest absolute Gasteiger partial charge is 0.361 e. The highest BCUT2D eigenvalue weighted by molar-refractivity contribution is 5.83. The minimum absolute atomic E-state index is 0.112. The molecule has 1 aromatic rings. The molecule has 14 heavy (non-hydrogen) atoms. The first-order chi connectivity index (χ1) is 6.77. The van der Waals surface area contributed by atoms with E-state index in [2.05, 4.69) is 12.1 Å². The van der Waals surface area contributed by atoms with Crippen LogP contribution in [0.5, 0.6) is 0 Å². The molecule has 2 nitrogen and oxygen atoms in total. The van der Waals surface area contributed by atoms with Gasteiger partial charge in [-0.2, -0.15) is 0 Å². The summed E-state index contributed by atoms with van der Waals surface area (Å²) in [6, 6.07) is 10.3. The minimum atomic E-state index is -0.112. The van der Waals surface area contributed by atoms with Crippen LogP contribution in [0.4, 0.5) is 0 Å². The van der Waals surface area contributed by atoms with E-state index in [1.54, 1.807) is 6.92 Å². The van der Waals surface area contributed by atoms with Gasteiger partial charge in [0, 0.05) is 0 Å². The second-order valence-corrected chi connectivity index (χ2v) is 3.73. The highest BCUT2D eigenvalue weighted by Crippen LogP contribution is 2.27. The number of carbonyl (C=O) groups excluding carboxylic acids is 1. The summed E-state index contributed by atoms with van der Waals surface area (Å²) >= 11 is 0. The molecule has 0 aromatic heterocycles. The van der Waals surface area contributed by atoms with Gasteiger partial charge in [-0.25, -0.2) is 0 Å². The molecule has 0 saturated carbocycles. The van der Waals surface area contributed by atoms with Gasteiger partial charge >= 0.3 is 0 Å². The number of ketones is 1. The number of Topliss-reactive ketones (excluding diaryl/α,β-unsaturated/α-hetero) is 1. The number of hydrogen-bond acceptors (Lipinski definition) is 2. The van der Waals surface area contributed by atoms with Crippen molar-refractivity contribution in [1.82, 2.24) is 0 Å². The second-order valence-electron chi connectivity index (χ2n) is 3.73. The Morgan fingerprint density at radius 1 is 1.36 bits per heavy atom. The summed E-state index contributed by atoms with van der Waals surface area (Å²) in [5.74, 6) is 0.156. The molecule has 1 aliphatic rings. The summed E-state index contributed by atoms with van der Waals surface area (Å²) in [6.45, 7) is 1.59. The van der Waals surface area contributed by atoms with E-state index in [4.69, 9.17) is 4.74 Å². The predicted octanol–water partition coefficient (Wildman–Crippen LogP) is 1.98. The molecule has 1 saturated heterocycles. The van der Waals surface area contributed by atoms with Gasteiger partial charge in [0.1, 0.15) is 6.10 Å². The smallest absolute Gasteiger partial charge is 0.161 e. The summed E-state index contributed by atoms with van der Waals surface area (Å²) in [4.78, 5) is 10.9. The molecule has 2 atom stereocenters. The van der Waals surface area contributed by atoms with Crippen LogP contribution in [0.25, 0.3) is 0 Å². The molecule has 0 aliphatic carbocycles. The van der Waals surface area contributed by atoms with E-state index in [1.165, 1.54) is 5.56 Å². The third-order valence-electron chi connectivity index (χ3n) is 2.54. The summed E-state index contributed by atoms with van der Waals surface area (Å²) in [7, 11) is 0. The van der Waals surface area contributed by atoms with Crippen molar-refractivity contribution in [2.45, 2.75) is 32.0 Å². The Labute approximate surface area is 83.9 Å². The first-order valence-electron chi connectivity index (χ1n) is 4.97. The third kappa shape index (κ3) is 2.20. The molecule has 2 heteroatoms. The lowest BCUT2D eigenvalue weighted by Crippen LogP contribution is -2.05. The van der Waals surface area contributed by atoms with Crippen LogP contribution < -0.4 is 0 Å². The maximum atomic E-state index is 10.9. The molecule has 2 unspecified atom stereocenters. The Bertz CT molecular complexity index is 318. The summed E-state index contributed by atoms with van der Waals surface area (Å²) in [5, 5.41) is 0. The topological polar surface area (TPSA) is 29.6 Å². The van der Waals surface area contributed by atoms with Gasteiger partial charge in [0.05, 0.1) is 6.10 Å². The fourth-order valence-corrected chi connectivity index (χ4v) is 1.67. The summed E-state index contributed by atoms with van der Waals surface area (Å²) in [5.41, 5.74) is 1.31. The molecule has 74 valence electrons. The van der Waals surface area contributed by atoms with Crippen LogP contribution in [0, 0.1) is 0 Å². The minimum Gasteiger partial charge on any atom is -0.361 e. The van der Waals surface area contributed by atoms with Gasteiger partial charge in [-0.05, 0) is 25.3 Å². The Hall–Kier alpha value is -1.15. The maximum absolute atomic E-state index is 10.9. The molecule has 0 radical (unpaired) electrons. The van der Waals surface area contributed by atoms with Crippen molar-refractivity contribution in [2.24, 2.45) is 0 Å². The summed E-state index contributed by atoms with van der Waals surface area (Å²) < 4.78 is 5.25. The quantitative estimate of drug-likeness (QED) is 0.679. The van der Waals surface area contributed by atoms with E-state index < -0.39 is 0 Å². The highest BCUT2D eigenvalue weighted by atomic mass is 16.6. The van der Waals surface area contributed by atoms with Crippen LogP contribution in [0.2, 0.25) is 0 Å². The normalized spacial score (nSPS) is 24.6. The number of epoxide rings is 1. The van der Waals surface area contributed by atoms with Crippen molar-refractivity contribution in [3.05, 3.63) is 35.9 Å². The van der Waals surface area contributed by atoms with E-state index in [1.807, 2.05) is 18.2 Å². The number of carbonyl (C=O) groups is 1. The summed E-state index contributed by atoms with van der Waals surface area (Å²) in [6.07, 6.45) is 2.01.